The van der Waals surface area contributed by atoms with E-state index in [-0.39, 0.29) is 0 Å². The molecule has 0 aromatic rings. The first kappa shape index (κ1) is 7.23. The van der Waals surface area contributed by atoms with E-state index in [1.807, 2.05) is 5.87 Å². The Morgan fingerprint density at radius 1 is 1.60 bits per heavy atom. The van der Waals surface area contributed by atoms with Crippen molar-refractivity contribution in [3.05, 3.63) is 33.8 Å². The van der Waals surface area contributed by atoms with Crippen LogP contribution in [0.5, 0.6) is 0 Å². The average molecular weight is 199 g/mol. The van der Waals surface area contributed by atoms with E-state index in [2.05, 4.69) is 21.7 Å². The minimum Gasteiger partial charge on any atom is -0.198 e. The van der Waals surface area contributed by atoms with Crippen molar-refractivity contribution < 1.29 is 4.39 Å². The molecule has 0 heterocycles. The molecule has 0 bridgehead atoms. The van der Waals surface area contributed by atoms with Gasteiger partial charge in [-0.3, -0.25) is 0 Å². The van der Waals surface area contributed by atoms with Crippen LogP contribution in [0.25, 0.3) is 0 Å². The zero-order chi connectivity index (χ0) is 7.56. The van der Waals surface area contributed by atoms with E-state index in [0.29, 0.717) is 10.1 Å². The fourth-order valence-corrected chi connectivity index (χ4v) is 0.940. The quantitative estimate of drug-likeness (QED) is 0.418. The molecule has 10 heavy (non-hydrogen) atoms. The van der Waals surface area contributed by atoms with Crippen LogP contribution in [0.4, 0.5) is 4.39 Å². The number of nitrogens with zero attached hydrogens (tertiary/aromatic N) is 1. The SMILES string of the molecule is [N]=C=C1C=CC(F)=C=C1Br. The van der Waals surface area contributed by atoms with Gasteiger partial charge in [-0.25, -0.2) is 0 Å². The molecule has 0 N–H and O–H groups in total. The lowest BCUT2D eigenvalue weighted by molar-refractivity contribution is 0.668. The van der Waals surface area contributed by atoms with Crippen molar-refractivity contribution in [3.63, 3.8) is 0 Å². The Labute approximate surface area is 65.9 Å². The Balaban J connectivity index is 3.28. The summed E-state index contributed by atoms with van der Waals surface area (Å²) in [7, 11) is 0. The molecule has 0 amide bonds. The van der Waals surface area contributed by atoms with Gasteiger partial charge in [-0.15, -0.1) is 0 Å². The van der Waals surface area contributed by atoms with E-state index in [0.717, 1.165) is 0 Å². The lowest BCUT2D eigenvalue weighted by Gasteiger charge is -1.95. The van der Waals surface area contributed by atoms with E-state index in [1.165, 1.54) is 12.2 Å². The Morgan fingerprint density at radius 3 is 2.80 bits per heavy atom. The molecule has 49 valence electrons. The molecule has 0 aromatic heterocycles. The predicted octanol–water partition coefficient (Wildman–Crippen LogP) is 1.68. The van der Waals surface area contributed by atoms with Crippen molar-refractivity contribution >= 4 is 21.8 Å². The van der Waals surface area contributed by atoms with Gasteiger partial charge in [-0.1, -0.05) is 11.1 Å². The van der Waals surface area contributed by atoms with Gasteiger partial charge in [0.2, 0.25) is 0 Å². The summed E-state index contributed by atoms with van der Waals surface area (Å²) in [5, 5.41) is 8.39. The average Bonchev–Trinajstić information content (AvgIpc) is 1.88. The highest BCUT2D eigenvalue weighted by molar-refractivity contribution is 9.12. The second-order valence-corrected chi connectivity index (χ2v) is 2.44. The highest BCUT2D eigenvalue weighted by atomic mass is 79.9. The number of hydrogen-bond donors (Lipinski definition) is 0. The first-order valence-electron chi connectivity index (χ1n) is 2.51. The highest BCUT2D eigenvalue weighted by Gasteiger charge is 2.02. The molecule has 1 aliphatic carbocycles. The molecule has 0 saturated heterocycles. The van der Waals surface area contributed by atoms with Crippen molar-refractivity contribution in [2.45, 2.75) is 0 Å². The third kappa shape index (κ3) is 1.34. The zero-order valence-electron chi connectivity index (χ0n) is 4.86. The Bertz CT molecular complexity index is 302. The number of rotatable bonds is 0. The standard InChI is InChI=1S/C7H2BrFN/c8-7-3-6(9)2-1-5(7)4-10/h1-2H. The molecular formula is C7H2BrFN. The number of allylic oxidation sites excluding steroid dienone is 4. The Hall–Kier alpha value is -0.880. The fraction of sp³-hybridized carbons (Fsp3) is 0. The highest BCUT2D eigenvalue weighted by Crippen LogP contribution is 2.20. The van der Waals surface area contributed by atoms with Crippen LogP contribution < -0.4 is 5.41 Å². The van der Waals surface area contributed by atoms with Crippen LogP contribution >= 0.6 is 15.9 Å². The van der Waals surface area contributed by atoms with Gasteiger partial charge < -0.3 is 0 Å². The summed E-state index contributed by atoms with van der Waals surface area (Å²) < 4.78 is 12.7. The second-order valence-electron chi connectivity index (χ2n) is 1.65. The molecule has 1 rings (SSSR count). The molecule has 1 nitrogen and oxygen atoms in total. The van der Waals surface area contributed by atoms with Gasteiger partial charge in [-0.2, -0.15) is 4.39 Å². The first-order chi connectivity index (χ1) is 4.74. The van der Waals surface area contributed by atoms with Crippen molar-refractivity contribution in [2.24, 2.45) is 0 Å². The molecule has 1 aliphatic rings. The van der Waals surface area contributed by atoms with Crippen LogP contribution in [0.1, 0.15) is 0 Å². The molecule has 3 heteroatoms. The minimum absolute atomic E-state index is 0.370. The van der Waals surface area contributed by atoms with E-state index >= 15 is 0 Å². The monoisotopic (exact) mass is 198 g/mol. The second kappa shape index (κ2) is 2.80. The summed E-state index contributed by atoms with van der Waals surface area (Å²) >= 11 is 2.99. The van der Waals surface area contributed by atoms with Crippen molar-refractivity contribution in [1.82, 2.24) is 5.41 Å². The third-order valence-corrected chi connectivity index (χ3v) is 1.61. The minimum atomic E-state index is -0.467. The topological polar surface area (TPSA) is 22.3 Å². The maximum atomic E-state index is 12.3. The molecule has 0 saturated carbocycles. The number of hydrogen-bond acceptors (Lipinski definition) is 0. The smallest absolute Gasteiger partial charge is 0.166 e. The first-order valence-corrected chi connectivity index (χ1v) is 3.31. The molecule has 0 unspecified atom stereocenters. The van der Waals surface area contributed by atoms with Crippen molar-refractivity contribution in [3.8, 4) is 0 Å². The van der Waals surface area contributed by atoms with Gasteiger partial charge in [-0.05, 0) is 28.1 Å². The lowest BCUT2D eigenvalue weighted by atomic mass is 10.2. The van der Waals surface area contributed by atoms with E-state index in [9.17, 15) is 4.39 Å². The Morgan fingerprint density at radius 2 is 2.30 bits per heavy atom. The summed E-state index contributed by atoms with van der Waals surface area (Å²) in [6, 6.07) is 0. The molecule has 0 aromatic carbocycles. The van der Waals surface area contributed by atoms with Gasteiger partial charge in [0, 0.05) is 5.87 Å². The predicted molar refractivity (Wildman–Crippen MR) is 40.4 cm³/mol. The molecular weight excluding hydrogens is 197 g/mol. The molecule has 1 radical (unpaired) electrons. The van der Waals surface area contributed by atoms with Gasteiger partial charge in [0.25, 0.3) is 0 Å². The van der Waals surface area contributed by atoms with Gasteiger partial charge in [0.1, 0.15) is 0 Å². The van der Waals surface area contributed by atoms with Gasteiger partial charge >= 0.3 is 0 Å². The van der Waals surface area contributed by atoms with Crippen LogP contribution in [0.2, 0.25) is 0 Å². The fourth-order valence-electron chi connectivity index (χ4n) is 0.530. The van der Waals surface area contributed by atoms with Gasteiger partial charge in [0.15, 0.2) is 5.83 Å². The molecule has 0 fully saturated rings. The zero-order valence-corrected chi connectivity index (χ0v) is 6.44. The molecule has 0 spiro atoms. The maximum absolute atomic E-state index is 12.3. The van der Waals surface area contributed by atoms with Crippen LogP contribution in [-0.2, 0) is 0 Å². The van der Waals surface area contributed by atoms with Crippen molar-refractivity contribution in [2.75, 3.05) is 0 Å². The van der Waals surface area contributed by atoms with Crippen molar-refractivity contribution in [1.29, 1.82) is 0 Å². The summed E-state index contributed by atoms with van der Waals surface area (Å²) in [6.07, 6.45) is 2.60. The molecule has 0 aliphatic heterocycles. The summed E-state index contributed by atoms with van der Waals surface area (Å²) in [6.45, 7) is 0. The third-order valence-electron chi connectivity index (χ3n) is 0.982. The van der Waals surface area contributed by atoms with Gasteiger partial charge in [0.05, 0.1) is 10.1 Å². The summed E-state index contributed by atoms with van der Waals surface area (Å²) in [5.74, 6) is 1.41. The van der Waals surface area contributed by atoms with E-state index in [4.69, 9.17) is 5.41 Å². The maximum Gasteiger partial charge on any atom is 0.166 e. The Kier molecular flexibility index (Phi) is 2.03. The summed E-state index contributed by atoms with van der Waals surface area (Å²) in [5.41, 5.74) is 2.71. The van der Waals surface area contributed by atoms with E-state index < -0.39 is 5.83 Å². The number of halogens is 2. The largest absolute Gasteiger partial charge is 0.198 e. The van der Waals surface area contributed by atoms with Crippen LogP contribution in [0, 0.1) is 0 Å². The normalized spacial score (nSPS) is 16.0. The summed E-state index contributed by atoms with van der Waals surface area (Å²) in [4.78, 5) is 0. The van der Waals surface area contributed by atoms with Crippen LogP contribution in [-0.4, -0.2) is 5.87 Å². The van der Waals surface area contributed by atoms with Crippen LogP contribution in [0.15, 0.2) is 33.8 Å². The lowest BCUT2D eigenvalue weighted by Crippen LogP contribution is -1.82. The molecule has 0 atom stereocenters. The van der Waals surface area contributed by atoms with Crippen LogP contribution in [0.3, 0.4) is 0 Å². The van der Waals surface area contributed by atoms with E-state index in [1.54, 1.807) is 0 Å².